The number of benzene rings is 3. The van der Waals surface area contributed by atoms with Crippen LogP contribution in [0.5, 0.6) is 17.2 Å². The quantitative estimate of drug-likeness (QED) is 0.446. The molecule has 0 heterocycles. The second-order valence-corrected chi connectivity index (χ2v) is 7.14. The number of hydrogen-bond donors (Lipinski definition) is 1. The number of amides is 1. The van der Waals surface area contributed by atoms with Crippen molar-refractivity contribution in [2.75, 3.05) is 19.0 Å². The fourth-order valence-electron chi connectivity index (χ4n) is 2.75. The lowest BCUT2D eigenvalue weighted by Crippen LogP contribution is -2.13. The van der Waals surface area contributed by atoms with Crippen molar-refractivity contribution in [2.24, 2.45) is 0 Å². The molecule has 156 valence electrons. The highest BCUT2D eigenvalue weighted by atomic mass is 35.5. The van der Waals surface area contributed by atoms with Crippen LogP contribution in [0.4, 0.5) is 5.69 Å². The Labute approximate surface area is 185 Å². The Hall–Kier alpha value is -2.89. The fourth-order valence-corrected chi connectivity index (χ4v) is 3.20. The van der Waals surface area contributed by atoms with Crippen LogP contribution in [0.15, 0.2) is 60.7 Å². The van der Waals surface area contributed by atoms with Gasteiger partial charge in [0, 0.05) is 16.1 Å². The lowest BCUT2D eigenvalue weighted by atomic mass is 10.1. The lowest BCUT2D eigenvalue weighted by Gasteiger charge is -2.14. The number of hydrogen-bond acceptors (Lipinski definition) is 4. The Bertz CT molecular complexity index is 1020. The van der Waals surface area contributed by atoms with Crippen molar-refractivity contribution in [3.05, 3.63) is 81.8 Å². The molecule has 30 heavy (non-hydrogen) atoms. The van der Waals surface area contributed by atoms with Crippen LogP contribution < -0.4 is 19.5 Å². The Kier molecular flexibility index (Phi) is 7.44. The molecule has 1 amide bonds. The summed E-state index contributed by atoms with van der Waals surface area (Å²) in [5, 5.41) is 3.66. The molecule has 0 aromatic heterocycles. The van der Waals surface area contributed by atoms with Gasteiger partial charge in [-0.05, 0) is 67.6 Å². The van der Waals surface area contributed by atoms with Crippen molar-refractivity contribution in [3.63, 3.8) is 0 Å². The average Bonchev–Trinajstić information content (AvgIpc) is 2.75. The van der Waals surface area contributed by atoms with E-state index >= 15 is 0 Å². The second-order valence-electron chi connectivity index (χ2n) is 6.30. The van der Waals surface area contributed by atoms with Gasteiger partial charge in [0.2, 0.25) is 0 Å². The normalized spacial score (nSPS) is 10.4. The summed E-state index contributed by atoms with van der Waals surface area (Å²) < 4.78 is 16.7. The van der Waals surface area contributed by atoms with Crippen LogP contribution in [0.2, 0.25) is 10.0 Å². The highest BCUT2D eigenvalue weighted by Crippen LogP contribution is 2.27. The van der Waals surface area contributed by atoms with Crippen molar-refractivity contribution < 1.29 is 19.0 Å². The van der Waals surface area contributed by atoms with Gasteiger partial charge in [-0.1, -0.05) is 23.2 Å². The molecule has 0 bridgehead atoms. The summed E-state index contributed by atoms with van der Waals surface area (Å²) in [6.45, 7) is 2.64. The molecule has 0 spiro atoms. The smallest absolute Gasteiger partial charge is 0.255 e. The Morgan fingerprint density at radius 1 is 0.933 bits per heavy atom. The molecule has 0 fully saturated rings. The van der Waals surface area contributed by atoms with E-state index in [1.165, 1.54) is 0 Å². The topological polar surface area (TPSA) is 56.8 Å². The zero-order chi connectivity index (χ0) is 21.5. The van der Waals surface area contributed by atoms with E-state index in [1.54, 1.807) is 43.5 Å². The maximum absolute atomic E-state index is 12.7. The minimum absolute atomic E-state index is 0.241. The second kappa shape index (κ2) is 10.2. The zero-order valence-electron chi connectivity index (χ0n) is 16.6. The summed E-state index contributed by atoms with van der Waals surface area (Å²) in [6, 6.07) is 17.4. The predicted octanol–water partition coefficient (Wildman–Crippen LogP) is 6.23. The molecule has 0 saturated carbocycles. The lowest BCUT2D eigenvalue weighted by molar-refractivity contribution is 0.102. The molecule has 3 rings (SSSR count). The molecule has 0 aliphatic carbocycles. The summed E-state index contributed by atoms with van der Waals surface area (Å²) in [5.41, 5.74) is 1.69. The largest absolute Gasteiger partial charge is 0.497 e. The SMILES string of the molecule is CCOc1ccc(C(=O)Nc2ccc(Cl)cc2Cl)cc1COc1ccc(OC)cc1. The molecule has 1 N–H and O–H groups in total. The summed E-state index contributed by atoms with van der Waals surface area (Å²) in [6.07, 6.45) is 0. The highest BCUT2D eigenvalue weighted by molar-refractivity contribution is 6.36. The number of halogens is 2. The summed E-state index contributed by atoms with van der Waals surface area (Å²) in [4.78, 5) is 12.7. The van der Waals surface area contributed by atoms with Gasteiger partial charge in [0.05, 0.1) is 24.4 Å². The van der Waals surface area contributed by atoms with Crippen LogP contribution in [0.1, 0.15) is 22.8 Å². The van der Waals surface area contributed by atoms with Gasteiger partial charge in [-0.25, -0.2) is 0 Å². The van der Waals surface area contributed by atoms with Crippen molar-refractivity contribution in [2.45, 2.75) is 13.5 Å². The third kappa shape index (κ3) is 5.59. The first-order valence-electron chi connectivity index (χ1n) is 9.29. The van der Waals surface area contributed by atoms with E-state index in [1.807, 2.05) is 31.2 Å². The molecule has 3 aromatic carbocycles. The van der Waals surface area contributed by atoms with Crippen LogP contribution in [0.3, 0.4) is 0 Å². The van der Waals surface area contributed by atoms with Crippen molar-refractivity contribution in [1.82, 2.24) is 0 Å². The van der Waals surface area contributed by atoms with E-state index in [4.69, 9.17) is 37.4 Å². The first-order chi connectivity index (χ1) is 14.5. The van der Waals surface area contributed by atoms with Gasteiger partial charge < -0.3 is 19.5 Å². The Balaban J connectivity index is 1.77. The summed E-state index contributed by atoms with van der Waals surface area (Å²) >= 11 is 12.1. The average molecular weight is 446 g/mol. The van der Waals surface area contributed by atoms with E-state index in [2.05, 4.69) is 5.32 Å². The number of methoxy groups -OCH3 is 1. The van der Waals surface area contributed by atoms with E-state index in [-0.39, 0.29) is 12.5 Å². The molecule has 5 nitrogen and oxygen atoms in total. The van der Waals surface area contributed by atoms with E-state index in [0.717, 1.165) is 11.3 Å². The number of ether oxygens (including phenoxy) is 3. The zero-order valence-corrected chi connectivity index (χ0v) is 18.1. The van der Waals surface area contributed by atoms with Gasteiger partial charge in [0.25, 0.3) is 5.91 Å². The maximum Gasteiger partial charge on any atom is 0.255 e. The van der Waals surface area contributed by atoms with Crippen LogP contribution in [-0.2, 0) is 6.61 Å². The minimum Gasteiger partial charge on any atom is -0.497 e. The Morgan fingerprint density at radius 2 is 1.67 bits per heavy atom. The number of carbonyl (C=O) groups is 1. The van der Waals surface area contributed by atoms with Crippen molar-refractivity contribution >= 4 is 34.8 Å². The molecular formula is C23H21Cl2NO4. The number of anilines is 1. The van der Waals surface area contributed by atoms with Gasteiger partial charge in [-0.2, -0.15) is 0 Å². The predicted molar refractivity (Wildman–Crippen MR) is 119 cm³/mol. The molecule has 0 atom stereocenters. The first kappa shape index (κ1) is 21.8. The molecule has 7 heteroatoms. The minimum atomic E-state index is -0.298. The van der Waals surface area contributed by atoms with Crippen LogP contribution in [0.25, 0.3) is 0 Å². The molecule has 0 aliphatic heterocycles. The van der Waals surface area contributed by atoms with Gasteiger partial charge in [0.15, 0.2) is 0 Å². The van der Waals surface area contributed by atoms with Crippen molar-refractivity contribution in [1.29, 1.82) is 0 Å². The number of rotatable bonds is 8. The van der Waals surface area contributed by atoms with Crippen molar-refractivity contribution in [3.8, 4) is 17.2 Å². The van der Waals surface area contributed by atoms with Crippen LogP contribution in [-0.4, -0.2) is 19.6 Å². The molecule has 0 radical (unpaired) electrons. The molecule has 0 saturated heterocycles. The third-order valence-electron chi connectivity index (χ3n) is 4.26. The first-order valence-corrected chi connectivity index (χ1v) is 10.0. The highest BCUT2D eigenvalue weighted by Gasteiger charge is 2.13. The maximum atomic E-state index is 12.7. The van der Waals surface area contributed by atoms with Crippen LogP contribution >= 0.6 is 23.2 Å². The van der Waals surface area contributed by atoms with Gasteiger partial charge in [0.1, 0.15) is 23.9 Å². The van der Waals surface area contributed by atoms with Gasteiger partial charge >= 0.3 is 0 Å². The summed E-state index contributed by atoms with van der Waals surface area (Å²) in [5.74, 6) is 1.79. The van der Waals surface area contributed by atoms with E-state index in [0.29, 0.717) is 39.4 Å². The van der Waals surface area contributed by atoms with Crippen LogP contribution in [0, 0.1) is 0 Å². The monoisotopic (exact) mass is 445 g/mol. The molecule has 0 aliphatic rings. The Morgan fingerprint density at radius 3 is 2.33 bits per heavy atom. The van der Waals surface area contributed by atoms with Gasteiger partial charge in [-0.15, -0.1) is 0 Å². The molecular weight excluding hydrogens is 425 g/mol. The summed E-state index contributed by atoms with van der Waals surface area (Å²) in [7, 11) is 1.61. The standard InChI is InChI=1S/C23H21Cl2NO4/c1-3-29-22-11-4-15(23(27)26-21-10-5-17(24)13-20(21)25)12-16(22)14-30-19-8-6-18(28-2)7-9-19/h4-13H,3,14H2,1-2H3,(H,26,27). The van der Waals surface area contributed by atoms with E-state index < -0.39 is 0 Å². The molecule has 3 aromatic rings. The molecule has 0 unspecified atom stereocenters. The van der Waals surface area contributed by atoms with Gasteiger partial charge in [-0.3, -0.25) is 4.79 Å². The fraction of sp³-hybridized carbons (Fsp3) is 0.174. The number of nitrogens with one attached hydrogen (secondary N) is 1. The number of carbonyl (C=O) groups excluding carboxylic acids is 1. The third-order valence-corrected chi connectivity index (χ3v) is 4.80. The van der Waals surface area contributed by atoms with E-state index in [9.17, 15) is 4.79 Å².